The van der Waals surface area contributed by atoms with Gasteiger partial charge in [-0.05, 0) is 30.3 Å². The first kappa shape index (κ1) is 13.8. The minimum Gasteiger partial charge on any atom is -0.506 e. The molecule has 1 heterocycles. The molecule has 3 aromatic rings. The van der Waals surface area contributed by atoms with Crippen LogP contribution in [0.4, 0.5) is 10.1 Å². The average molecular weight is 299 g/mol. The summed E-state index contributed by atoms with van der Waals surface area (Å²) in [6, 6.07) is 11.5. The number of nitrogens with one attached hydrogen (secondary N) is 1. The number of carbonyl (C=O) groups is 1. The molecular weight excluding hydrogens is 289 g/mol. The lowest BCUT2D eigenvalue weighted by Crippen LogP contribution is -2.21. The Balaban J connectivity index is 2.06. The molecule has 110 valence electrons. The second-order valence-electron chi connectivity index (χ2n) is 4.57. The molecule has 0 aliphatic heterocycles. The summed E-state index contributed by atoms with van der Waals surface area (Å²) in [6.45, 7) is 0. The number of hydrogen-bond donors (Lipinski definition) is 2. The number of para-hydroxylation sites is 1. The largest absolute Gasteiger partial charge is 0.506 e. The second kappa shape index (κ2) is 5.33. The van der Waals surface area contributed by atoms with Crippen molar-refractivity contribution < 1.29 is 18.7 Å². The molecule has 0 saturated heterocycles. The maximum Gasteiger partial charge on any atom is 0.353 e. The zero-order valence-electron chi connectivity index (χ0n) is 11.2. The van der Waals surface area contributed by atoms with Crippen LogP contribution in [0.1, 0.15) is 10.4 Å². The topological polar surface area (TPSA) is 79.5 Å². The van der Waals surface area contributed by atoms with Crippen LogP contribution in [0.15, 0.2) is 57.7 Å². The Bertz CT molecular complexity index is 933. The van der Waals surface area contributed by atoms with Crippen LogP contribution in [0.2, 0.25) is 0 Å². The third-order valence-electron chi connectivity index (χ3n) is 3.10. The van der Waals surface area contributed by atoms with Gasteiger partial charge in [0.15, 0.2) is 5.56 Å². The van der Waals surface area contributed by atoms with E-state index < -0.39 is 28.7 Å². The minimum atomic E-state index is -0.967. The third-order valence-corrected chi connectivity index (χ3v) is 3.10. The van der Waals surface area contributed by atoms with Gasteiger partial charge in [0.2, 0.25) is 0 Å². The predicted octanol–water partition coefficient (Wildman–Crippen LogP) is 2.89. The molecule has 0 fully saturated rings. The quantitative estimate of drug-likeness (QED) is 0.713. The Hall–Kier alpha value is -3.15. The summed E-state index contributed by atoms with van der Waals surface area (Å²) >= 11 is 0. The third kappa shape index (κ3) is 2.42. The van der Waals surface area contributed by atoms with Crippen LogP contribution in [0.5, 0.6) is 5.75 Å². The van der Waals surface area contributed by atoms with Crippen molar-refractivity contribution in [1.82, 2.24) is 0 Å². The van der Waals surface area contributed by atoms with E-state index in [9.17, 15) is 19.1 Å². The Morgan fingerprint density at radius 1 is 1.14 bits per heavy atom. The van der Waals surface area contributed by atoms with Gasteiger partial charge in [0, 0.05) is 5.69 Å². The summed E-state index contributed by atoms with van der Waals surface area (Å²) < 4.78 is 18.1. The summed E-state index contributed by atoms with van der Waals surface area (Å²) in [5.74, 6) is -1.88. The monoisotopic (exact) mass is 299 g/mol. The summed E-state index contributed by atoms with van der Waals surface area (Å²) in [7, 11) is 0. The fourth-order valence-corrected chi connectivity index (χ4v) is 2.09. The zero-order chi connectivity index (χ0) is 15.7. The van der Waals surface area contributed by atoms with Crippen molar-refractivity contribution in [2.75, 3.05) is 5.32 Å². The summed E-state index contributed by atoms with van der Waals surface area (Å²) in [4.78, 5) is 24.0. The molecule has 0 bridgehead atoms. The van der Waals surface area contributed by atoms with E-state index in [0.717, 1.165) is 6.07 Å². The fourth-order valence-electron chi connectivity index (χ4n) is 2.09. The molecule has 2 N–H and O–H groups in total. The number of aromatic hydroxyl groups is 1. The van der Waals surface area contributed by atoms with Gasteiger partial charge in [-0.25, -0.2) is 9.18 Å². The molecule has 22 heavy (non-hydrogen) atoms. The molecule has 0 unspecified atom stereocenters. The zero-order valence-corrected chi connectivity index (χ0v) is 11.2. The summed E-state index contributed by atoms with van der Waals surface area (Å²) in [5, 5.41) is 12.7. The SMILES string of the molecule is O=C(Nc1cccc(F)c1)c1c(O)c2ccccc2oc1=O. The summed E-state index contributed by atoms with van der Waals surface area (Å²) in [6.07, 6.45) is 0. The van der Waals surface area contributed by atoms with Gasteiger partial charge < -0.3 is 14.8 Å². The first-order chi connectivity index (χ1) is 10.6. The number of rotatable bonds is 2. The smallest absolute Gasteiger partial charge is 0.353 e. The van der Waals surface area contributed by atoms with E-state index in [2.05, 4.69) is 5.32 Å². The lowest BCUT2D eigenvalue weighted by Gasteiger charge is -2.07. The van der Waals surface area contributed by atoms with E-state index in [1.165, 1.54) is 30.3 Å². The van der Waals surface area contributed by atoms with E-state index in [1.54, 1.807) is 12.1 Å². The van der Waals surface area contributed by atoms with E-state index in [0.29, 0.717) is 0 Å². The van der Waals surface area contributed by atoms with Crippen LogP contribution in [0, 0.1) is 5.82 Å². The average Bonchev–Trinajstić information content (AvgIpc) is 2.47. The Morgan fingerprint density at radius 2 is 1.91 bits per heavy atom. The maximum absolute atomic E-state index is 13.1. The highest BCUT2D eigenvalue weighted by Gasteiger charge is 2.20. The van der Waals surface area contributed by atoms with Gasteiger partial charge in [-0.2, -0.15) is 0 Å². The number of benzene rings is 2. The molecule has 0 saturated carbocycles. The van der Waals surface area contributed by atoms with Crippen molar-refractivity contribution >= 4 is 22.6 Å². The second-order valence-corrected chi connectivity index (χ2v) is 4.57. The molecule has 3 rings (SSSR count). The van der Waals surface area contributed by atoms with Crippen LogP contribution in [0.3, 0.4) is 0 Å². The molecule has 1 amide bonds. The van der Waals surface area contributed by atoms with Crippen molar-refractivity contribution in [2.45, 2.75) is 0 Å². The first-order valence-corrected chi connectivity index (χ1v) is 6.38. The maximum atomic E-state index is 13.1. The number of carbonyl (C=O) groups excluding carboxylic acids is 1. The van der Waals surface area contributed by atoms with Crippen molar-refractivity contribution in [3.05, 3.63) is 70.3 Å². The van der Waals surface area contributed by atoms with Gasteiger partial charge >= 0.3 is 5.63 Å². The minimum absolute atomic E-state index is 0.164. The highest BCUT2D eigenvalue weighted by Crippen LogP contribution is 2.26. The van der Waals surface area contributed by atoms with Gasteiger partial charge in [0.25, 0.3) is 5.91 Å². The molecule has 6 heteroatoms. The number of halogens is 1. The van der Waals surface area contributed by atoms with Crippen LogP contribution < -0.4 is 10.9 Å². The van der Waals surface area contributed by atoms with Crippen LogP contribution in [0.25, 0.3) is 11.0 Å². The molecule has 0 aliphatic rings. The highest BCUT2D eigenvalue weighted by molar-refractivity contribution is 6.08. The molecule has 0 spiro atoms. The molecule has 0 aliphatic carbocycles. The number of amides is 1. The molecular formula is C16H10FNO4. The Labute approximate surface area is 123 Å². The van der Waals surface area contributed by atoms with E-state index in [1.807, 2.05) is 0 Å². The number of fused-ring (bicyclic) bond motifs is 1. The first-order valence-electron chi connectivity index (χ1n) is 6.38. The van der Waals surface area contributed by atoms with Gasteiger partial charge in [0.1, 0.15) is 17.1 Å². The Morgan fingerprint density at radius 3 is 2.68 bits per heavy atom. The molecule has 1 aromatic heterocycles. The molecule has 2 aromatic carbocycles. The van der Waals surface area contributed by atoms with E-state index >= 15 is 0 Å². The van der Waals surface area contributed by atoms with Crippen molar-refractivity contribution in [3.63, 3.8) is 0 Å². The highest BCUT2D eigenvalue weighted by atomic mass is 19.1. The van der Waals surface area contributed by atoms with Crippen LogP contribution in [-0.4, -0.2) is 11.0 Å². The lowest BCUT2D eigenvalue weighted by atomic mass is 10.1. The van der Waals surface area contributed by atoms with Crippen molar-refractivity contribution in [1.29, 1.82) is 0 Å². The standard InChI is InChI=1S/C16H10FNO4/c17-9-4-3-5-10(8-9)18-15(20)13-14(19)11-6-1-2-7-12(11)22-16(13)21/h1-8,19H,(H,18,20). The summed E-state index contributed by atoms with van der Waals surface area (Å²) in [5.41, 5.74) is -1.16. The normalized spacial score (nSPS) is 10.6. The number of anilines is 1. The van der Waals surface area contributed by atoms with Gasteiger partial charge in [0.05, 0.1) is 5.39 Å². The Kier molecular flexibility index (Phi) is 3.34. The van der Waals surface area contributed by atoms with E-state index in [4.69, 9.17) is 4.42 Å². The molecule has 0 atom stereocenters. The van der Waals surface area contributed by atoms with Gasteiger partial charge in [-0.3, -0.25) is 4.79 Å². The van der Waals surface area contributed by atoms with Gasteiger partial charge in [-0.1, -0.05) is 18.2 Å². The number of hydrogen-bond acceptors (Lipinski definition) is 4. The van der Waals surface area contributed by atoms with Crippen molar-refractivity contribution in [2.24, 2.45) is 0 Å². The van der Waals surface area contributed by atoms with Crippen LogP contribution >= 0.6 is 0 Å². The van der Waals surface area contributed by atoms with Crippen molar-refractivity contribution in [3.8, 4) is 5.75 Å². The van der Waals surface area contributed by atoms with Gasteiger partial charge in [-0.15, -0.1) is 0 Å². The van der Waals surface area contributed by atoms with Crippen LogP contribution in [-0.2, 0) is 0 Å². The lowest BCUT2D eigenvalue weighted by molar-refractivity contribution is 0.102. The molecule has 0 radical (unpaired) electrons. The molecule has 5 nitrogen and oxygen atoms in total. The fraction of sp³-hybridized carbons (Fsp3) is 0. The predicted molar refractivity (Wildman–Crippen MR) is 78.5 cm³/mol. The van der Waals surface area contributed by atoms with E-state index in [-0.39, 0.29) is 16.7 Å².